The fourth-order valence-electron chi connectivity index (χ4n) is 1.71. The summed E-state index contributed by atoms with van der Waals surface area (Å²) in [4.78, 5) is 11.8. The van der Waals surface area contributed by atoms with E-state index in [9.17, 15) is 4.79 Å². The second-order valence-corrected chi connectivity index (χ2v) is 5.52. The fraction of sp³-hybridized carbons (Fsp3) is 0.125. The fourth-order valence-corrected chi connectivity index (χ4v) is 2.07. The molecule has 0 bridgehead atoms. The van der Waals surface area contributed by atoms with Gasteiger partial charge < -0.3 is 10.1 Å². The third kappa shape index (κ3) is 4.76. The summed E-state index contributed by atoms with van der Waals surface area (Å²) in [6.45, 7) is 0.0195. The highest BCUT2D eigenvalue weighted by atomic mass is 127. The van der Waals surface area contributed by atoms with Crippen LogP contribution in [-0.2, 0) is 9.53 Å². The van der Waals surface area contributed by atoms with Gasteiger partial charge in [0.2, 0.25) is 6.10 Å². The van der Waals surface area contributed by atoms with E-state index in [0.717, 1.165) is 9.26 Å². The number of nitrogens with one attached hydrogen (secondary N) is 1. The summed E-state index contributed by atoms with van der Waals surface area (Å²) in [7, 11) is 0. The molecule has 0 saturated carbocycles. The molecule has 0 spiro atoms. The SMILES string of the molecule is N#CC(OC(=O)CNc1ccc(I)cc1)c1ccccc1. The topological polar surface area (TPSA) is 62.1 Å². The molecule has 2 aromatic carbocycles. The van der Waals surface area contributed by atoms with Gasteiger partial charge in [-0.15, -0.1) is 0 Å². The Kier molecular flexibility index (Phi) is 5.58. The Morgan fingerprint density at radius 2 is 1.86 bits per heavy atom. The van der Waals surface area contributed by atoms with Crippen molar-refractivity contribution in [3.8, 4) is 6.07 Å². The normalized spacial score (nSPS) is 11.2. The van der Waals surface area contributed by atoms with Crippen LogP contribution in [0, 0.1) is 14.9 Å². The van der Waals surface area contributed by atoms with Gasteiger partial charge in [0.15, 0.2) is 0 Å². The van der Waals surface area contributed by atoms with Gasteiger partial charge in [0, 0.05) is 14.8 Å². The van der Waals surface area contributed by atoms with Gasteiger partial charge in [-0.3, -0.25) is 4.79 Å². The lowest BCUT2D eigenvalue weighted by atomic mass is 10.1. The third-order valence-electron chi connectivity index (χ3n) is 2.75. The van der Waals surface area contributed by atoms with E-state index in [4.69, 9.17) is 10.00 Å². The molecule has 1 N–H and O–H groups in total. The molecule has 1 unspecified atom stereocenters. The maximum Gasteiger partial charge on any atom is 0.326 e. The highest BCUT2D eigenvalue weighted by Crippen LogP contribution is 2.16. The molecule has 0 aliphatic heterocycles. The van der Waals surface area contributed by atoms with Crippen LogP contribution < -0.4 is 5.32 Å². The average molecular weight is 392 g/mol. The van der Waals surface area contributed by atoms with Crippen LogP contribution in [-0.4, -0.2) is 12.5 Å². The summed E-state index contributed by atoms with van der Waals surface area (Å²) < 4.78 is 6.29. The molecule has 0 aromatic heterocycles. The summed E-state index contributed by atoms with van der Waals surface area (Å²) in [5.74, 6) is -0.469. The van der Waals surface area contributed by atoms with Crippen molar-refractivity contribution in [1.82, 2.24) is 0 Å². The smallest absolute Gasteiger partial charge is 0.326 e. The van der Waals surface area contributed by atoms with Crippen molar-refractivity contribution in [3.05, 3.63) is 63.7 Å². The molecule has 21 heavy (non-hydrogen) atoms. The number of benzene rings is 2. The first kappa shape index (κ1) is 15.3. The minimum atomic E-state index is -0.878. The van der Waals surface area contributed by atoms with Gasteiger partial charge in [0.25, 0.3) is 0 Å². The van der Waals surface area contributed by atoms with Crippen LogP contribution in [0.25, 0.3) is 0 Å². The minimum absolute atomic E-state index is 0.0195. The zero-order chi connectivity index (χ0) is 15.1. The van der Waals surface area contributed by atoms with Gasteiger partial charge in [-0.25, -0.2) is 0 Å². The Balaban J connectivity index is 1.89. The summed E-state index contributed by atoms with van der Waals surface area (Å²) in [5, 5.41) is 12.1. The summed E-state index contributed by atoms with van der Waals surface area (Å²) >= 11 is 2.21. The quantitative estimate of drug-likeness (QED) is 0.625. The van der Waals surface area contributed by atoms with Crippen molar-refractivity contribution in [1.29, 1.82) is 5.26 Å². The number of hydrogen-bond acceptors (Lipinski definition) is 4. The molecule has 106 valence electrons. The number of hydrogen-bond donors (Lipinski definition) is 1. The number of anilines is 1. The van der Waals surface area contributed by atoms with Gasteiger partial charge in [-0.2, -0.15) is 5.26 Å². The van der Waals surface area contributed by atoms with E-state index in [1.54, 1.807) is 24.3 Å². The van der Waals surface area contributed by atoms with Crippen LogP contribution in [0.15, 0.2) is 54.6 Å². The summed E-state index contributed by atoms with van der Waals surface area (Å²) in [6, 6.07) is 18.6. The van der Waals surface area contributed by atoms with Crippen LogP contribution >= 0.6 is 22.6 Å². The maximum absolute atomic E-state index is 11.8. The molecule has 2 rings (SSSR count). The van der Waals surface area contributed by atoms with Crippen molar-refractivity contribution < 1.29 is 9.53 Å². The van der Waals surface area contributed by atoms with Crippen molar-refractivity contribution in [2.24, 2.45) is 0 Å². The first-order valence-corrected chi connectivity index (χ1v) is 7.40. The molecular formula is C16H13IN2O2. The first-order chi connectivity index (χ1) is 10.2. The zero-order valence-corrected chi connectivity index (χ0v) is 13.3. The number of carbonyl (C=O) groups excluding carboxylic acids is 1. The molecule has 5 heteroatoms. The molecule has 0 aliphatic rings. The largest absolute Gasteiger partial charge is 0.441 e. The van der Waals surface area contributed by atoms with Crippen LogP contribution in [0.3, 0.4) is 0 Å². The van der Waals surface area contributed by atoms with Gasteiger partial charge in [-0.1, -0.05) is 30.3 Å². The second kappa shape index (κ2) is 7.64. The molecule has 0 fully saturated rings. The van der Waals surface area contributed by atoms with Crippen molar-refractivity contribution in [2.45, 2.75) is 6.10 Å². The lowest BCUT2D eigenvalue weighted by molar-refractivity contribution is -0.144. The molecule has 0 aliphatic carbocycles. The molecule has 0 amide bonds. The van der Waals surface area contributed by atoms with Crippen LogP contribution in [0.4, 0.5) is 5.69 Å². The predicted octanol–water partition coefficient (Wildman–Crippen LogP) is 3.51. The number of ether oxygens (including phenoxy) is 1. The number of carbonyl (C=O) groups is 1. The highest BCUT2D eigenvalue weighted by Gasteiger charge is 2.15. The van der Waals surface area contributed by atoms with Crippen LogP contribution in [0.2, 0.25) is 0 Å². The first-order valence-electron chi connectivity index (χ1n) is 6.32. The van der Waals surface area contributed by atoms with E-state index in [2.05, 4.69) is 27.9 Å². The number of halogens is 1. The van der Waals surface area contributed by atoms with E-state index in [0.29, 0.717) is 5.56 Å². The van der Waals surface area contributed by atoms with Crippen molar-refractivity contribution >= 4 is 34.2 Å². The van der Waals surface area contributed by atoms with Gasteiger partial charge in [0.1, 0.15) is 12.6 Å². The maximum atomic E-state index is 11.8. The Morgan fingerprint density at radius 3 is 2.48 bits per heavy atom. The molecule has 0 heterocycles. The molecule has 0 saturated heterocycles. The molecule has 2 aromatic rings. The summed E-state index contributed by atoms with van der Waals surface area (Å²) in [6.07, 6.45) is -0.878. The number of rotatable bonds is 5. The highest BCUT2D eigenvalue weighted by molar-refractivity contribution is 14.1. The van der Waals surface area contributed by atoms with Crippen molar-refractivity contribution in [3.63, 3.8) is 0 Å². The van der Waals surface area contributed by atoms with E-state index in [1.165, 1.54) is 0 Å². The van der Waals surface area contributed by atoms with Crippen LogP contribution in [0.1, 0.15) is 11.7 Å². The molecule has 0 radical (unpaired) electrons. The second-order valence-electron chi connectivity index (χ2n) is 4.27. The minimum Gasteiger partial charge on any atom is -0.441 e. The Hall–Kier alpha value is -2.07. The van der Waals surface area contributed by atoms with E-state index in [1.807, 2.05) is 36.4 Å². The molecule has 4 nitrogen and oxygen atoms in total. The predicted molar refractivity (Wildman–Crippen MR) is 88.5 cm³/mol. The Labute approximate surface area is 136 Å². The molecule has 1 atom stereocenters. The van der Waals surface area contributed by atoms with E-state index in [-0.39, 0.29) is 6.54 Å². The average Bonchev–Trinajstić information content (AvgIpc) is 2.53. The third-order valence-corrected chi connectivity index (χ3v) is 3.47. The monoisotopic (exact) mass is 392 g/mol. The Bertz CT molecular complexity index is 636. The lowest BCUT2D eigenvalue weighted by Crippen LogP contribution is -2.19. The molecular weight excluding hydrogens is 379 g/mol. The number of esters is 1. The van der Waals surface area contributed by atoms with Gasteiger partial charge in [-0.05, 0) is 46.9 Å². The zero-order valence-electron chi connectivity index (χ0n) is 11.1. The van der Waals surface area contributed by atoms with E-state index < -0.39 is 12.1 Å². The summed E-state index contributed by atoms with van der Waals surface area (Å²) in [5.41, 5.74) is 1.50. The van der Waals surface area contributed by atoms with E-state index >= 15 is 0 Å². The standard InChI is InChI=1S/C16H13IN2O2/c17-13-6-8-14(9-7-13)19-11-16(20)21-15(10-18)12-4-2-1-3-5-12/h1-9,15,19H,11H2. The number of nitriles is 1. The Morgan fingerprint density at radius 1 is 1.19 bits per heavy atom. The van der Waals surface area contributed by atoms with Gasteiger partial charge in [0.05, 0.1) is 0 Å². The number of nitrogens with zero attached hydrogens (tertiary/aromatic N) is 1. The van der Waals surface area contributed by atoms with Crippen LogP contribution in [0.5, 0.6) is 0 Å². The lowest BCUT2D eigenvalue weighted by Gasteiger charge is -2.12. The van der Waals surface area contributed by atoms with Gasteiger partial charge >= 0.3 is 5.97 Å². The van der Waals surface area contributed by atoms with Crippen molar-refractivity contribution in [2.75, 3.05) is 11.9 Å².